The van der Waals surface area contributed by atoms with Crippen LogP contribution in [0.1, 0.15) is 32.6 Å². The molecule has 0 aromatic heterocycles. The average Bonchev–Trinajstić information content (AvgIpc) is 2.50. The van der Waals surface area contributed by atoms with E-state index in [2.05, 4.69) is 5.32 Å². The van der Waals surface area contributed by atoms with Crippen LogP contribution in [0.2, 0.25) is 0 Å². The summed E-state index contributed by atoms with van der Waals surface area (Å²) in [4.78, 5) is 14.0. The second kappa shape index (κ2) is 7.65. The highest BCUT2D eigenvalue weighted by Crippen LogP contribution is 2.21. The highest BCUT2D eigenvalue weighted by Gasteiger charge is 2.29. The maximum absolute atomic E-state index is 13.5. The summed E-state index contributed by atoms with van der Waals surface area (Å²) in [7, 11) is 0. The van der Waals surface area contributed by atoms with Gasteiger partial charge in [0.2, 0.25) is 5.91 Å². The summed E-state index contributed by atoms with van der Waals surface area (Å²) < 4.78 is 26.4. The molecule has 4 nitrogen and oxygen atoms in total. The summed E-state index contributed by atoms with van der Waals surface area (Å²) in [6.07, 6.45) is 3.04. The van der Waals surface area contributed by atoms with Gasteiger partial charge in [-0.15, -0.1) is 0 Å². The molecule has 22 heavy (non-hydrogen) atoms. The number of anilines is 1. The van der Waals surface area contributed by atoms with Gasteiger partial charge in [-0.1, -0.05) is 13.3 Å². The van der Waals surface area contributed by atoms with Crippen LogP contribution in [0.4, 0.5) is 14.5 Å². The molecule has 1 aliphatic heterocycles. The van der Waals surface area contributed by atoms with E-state index in [-0.39, 0.29) is 24.2 Å². The Hall–Kier alpha value is -1.53. The second-order valence-electron chi connectivity index (χ2n) is 5.68. The molecule has 0 aliphatic carbocycles. The number of halogens is 2. The number of aliphatic hydroxyl groups is 1. The number of nitrogens with zero attached hydrogens (tertiary/aromatic N) is 1. The molecule has 2 unspecified atom stereocenters. The minimum absolute atomic E-state index is 0.0315. The number of likely N-dealkylation sites (tertiary alicyclic amines) is 1. The van der Waals surface area contributed by atoms with Gasteiger partial charge < -0.3 is 10.4 Å². The largest absolute Gasteiger partial charge is 0.392 e. The van der Waals surface area contributed by atoms with Gasteiger partial charge in [-0.05, 0) is 37.9 Å². The molecule has 1 saturated heterocycles. The smallest absolute Gasteiger partial charge is 0.238 e. The lowest BCUT2D eigenvalue weighted by atomic mass is 9.96. The molecule has 0 bridgehead atoms. The third-order valence-electron chi connectivity index (χ3n) is 4.08. The van der Waals surface area contributed by atoms with E-state index in [1.54, 1.807) is 0 Å². The summed E-state index contributed by atoms with van der Waals surface area (Å²) >= 11 is 0. The van der Waals surface area contributed by atoms with Gasteiger partial charge in [-0.3, -0.25) is 9.69 Å². The zero-order valence-electron chi connectivity index (χ0n) is 12.7. The predicted octanol–water partition coefficient (Wildman–Crippen LogP) is 2.53. The van der Waals surface area contributed by atoms with E-state index < -0.39 is 17.7 Å². The number of carbonyl (C=O) groups excluding carboxylic acids is 1. The van der Waals surface area contributed by atoms with Crippen molar-refractivity contribution in [2.75, 3.05) is 18.4 Å². The minimum Gasteiger partial charge on any atom is -0.392 e. The van der Waals surface area contributed by atoms with Crippen molar-refractivity contribution in [1.29, 1.82) is 0 Å². The van der Waals surface area contributed by atoms with E-state index in [1.807, 2.05) is 11.8 Å². The van der Waals surface area contributed by atoms with Crippen molar-refractivity contribution < 1.29 is 18.7 Å². The monoisotopic (exact) mass is 312 g/mol. The Labute approximate surface area is 129 Å². The van der Waals surface area contributed by atoms with Gasteiger partial charge >= 0.3 is 0 Å². The maximum Gasteiger partial charge on any atom is 0.238 e. The molecule has 1 aliphatic rings. The van der Waals surface area contributed by atoms with E-state index in [0.29, 0.717) is 6.42 Å². The van der Waals surface area contributed by atoms with Gasteiger partial charge in [0, 0.05) is 12.1 Å². The van der Waals surface area contributed by atoms with Crippen LogP contribution in [0.3, 0.4) is 0 Å². The molecule has 1 heterocycles. The quantitative estimate of drug-likeness (QED) is 0.878. The Morgan fingerprint density at radius 3 is 2.91 bits per heavy atom. The Morgan fingerprint density at radius 1 is 1.45 bits per heavy atom. The molecular weight excluding hydrogens is 290 g/mol. The normalized spacial score (nSPS) is 20.6. The van der Waals surface area contributed by atoms with Gasteiger partial charge in [0.25, 0.3) is 0 Å². The molecule has 1 fully saturated rings. The molecule has 2 N–H and O–H groups in total. The van der Waals surface area contributed by atoms with Crippen LogP contribution in [0, 0.1) is 11.6 Å². The number of nitrogens with one attached hydrogen (secondary N) is 1. The third kappa shape index (κ3) is 4.24. The molecule has 1 amide bonds. The SMILES string of the molecule is CCC(O)C1CCCCN1CC(=O)Nc1ccc(F)cc1F. The van der Waals surface area contributed by atoms with E-state index in [0.717, 1.165) is 37.9 Å². The fourth-order valence-corrected chi connectivity index (χ4v) is 2.89. The molecule has 0 saturated carbocycles. The molecular formula is C16H22F2N2O2. The van der Waals surface area contributed by atoms with Crippen LogP contribution in [-0.4, -0.2) is 41.1 Å². The highest BCUT2D eigenvalue weighted by atomic mass is 19.1. The van der Waals surface area contributed by atoms with Crippen molar-refractivity contribution in [2.24, 2.45) is 0 Å². The lowest BCUT2D eigenvalue weighted by molar-refractivity contribution is -0.119. The van der Waals surface area contributed by atoms with Crippen LogP contribution in [0.5, 0.6) is 0 Å². The van der Waals surface area contributed by atoms with Crippen molar-refractivity contribution in [3.63, 3.8) is 0 Å². The van der Waals surface area contributed by atoms with E-state index in [1.165, 1.54) is 6.07 Å². The van der Waals surface area contributed by atoms with Crippen molar-refractivity contribution >= 4 is 11.6 Å². The fraction of sp³-hybridized carbons (Fsp3) is 0.562. The van der Waals surface area contributed by atoms with Crippen molar-refractivity contribution in [2.45, 2.75) is 44.8 Å². The summed E-state index contributed by atoms with van der Waals surface area (Å²) in [5.41, 5.74) is -0.0315. The van der Waals surface area contributed by atoms with Crippen molar-refractivity contribution in [1.82, 2.24) is 4.90 Å². The summed E-state index contributed by atoms with van der Waals surface area (Å²) in [6, 6.07) is 3.00. The standard InChI is InChI=1S/C16H22F2N2O2/c1-2-15(21)14-5-3-4-8-20(14)10-16(22)19-13-7-6-11(17)9-12(13)18/h6-7,9,14-15,21H,2-5,8,10H2,1H3,(H,19,22). The number of rotatable bonds is 5. The topological polar surface area (TPSA) is 52.6 Å². The fourth-order valence-electron chi connectivity index (χ4n) is 2.89. The first-order chi connectivity index (χ1) is 10.5. The van der Waals surface area contributed by atoms with Crippen LogP contribution in [0.15, 0.2) is 18.2 Å². The number of hydrogen-bond acceptors (Lipinski definition) is 3. The number of benzene rings is 1. The molecule has 6 heteroatoms. The van der Waals surface area contributed by atoms with Gasteiger partial charge in [-0.25, -0.2) is 8.78 Å². The van der Waals surface area contributed by atoms with Crippen molar-refractivity contribution in [3.05, 3.63) is 29.8 Å². The number of aliphatic hydroxyl groups excluding tert-OH is 1. The van der Waals surface area contributed by atoms with Crippen molar-refractivity contribution in [3.8, 4) is 0 Å². The zero-order valence-corrected chi connectivity index (χ0v) is 12.7. The van der Waals surface area contributed by atoms with Crippen LogP contribution in [-0.2, 0) is 4.79 Å². The number of carbonyl (C=O) groups is 1. The van der Waals surface area contributed by atoms with Crippen LogP contribution >= 0.6 is 0 Å². The van der Waals surface area contributed by atoms with E-state index in [4.69, 9.17) is 0 Å². The molecule has 1 aromatic rings. The Bertz CT molecular complexity index is 525. The van der Waals surface area contributed by atoms with Gasteiger partial charge in [0.05, 0.1) is 18.3 Å². The van der Waals surface area contributed by atoms with E-state index in [9.17, 15) is 18.7 Å². The number of piperidine rings is 1. The molecule has 2 rings (SSSR count). The second-order valence-corrected chi connectivity index (χ2v) is 5.68. The Balaban J connectivity index is 1.97. The van der Waals surface area contributed by atoms with E-state index >= 15 is 0 Å². The Kier molecular flexibility index (Phi) is 5.85. The van der Waals surface area contributed by atoms with Gasteiger partial charge in [0.15, 0.2) is 0 Å². The summed E-state index contributed by atoms with van der Waals surface area (Å²) in [5, 5.41) is 12.5. The first-order valence-corrected chi connectivity index (χ1v) is 7.68. The molecule has 2 atom stereocenters. The number of amides is 1. The Morgan fingerprint density at radius 2 is 2.23 bits per heavy atom. The summed E-state index contributed by atoms with van der Waals surface area (Å²) in [5.74, 6) is -1.84. The van der Waals surface area contributed by atoms with Crippen LogP contribution < -0.4 is 5.32 Å². The maximum atomic E-state index is 13.5. The lowest BCUT2D eigenvalue weighted by Gasteiger charge is -2.37. The minimum atomic E-state index is -0.794. The number of hydrogen-bond donors (Lipinski definition) is 2. The van der Waals surface area contributed by atoms with Crippen LogP contribution in [0.25, 0.3) is 0 Å². The predicted molar refractivity (Wildman–Crippen MR) is 80.5 cm³/mol. The average molecular weight is 312 g/mol. The van der Waals surface area contributed by atoms with Gasteiger partial charge in [-0.2, -0.15) is 0 Å². The lowest BCUT2D eigenvalue weighted by Crippen LogP contribution is -2.49. The molecule has 1 aromatic carbocycles. The summed E-state index contributed by atoms with van der Waals surface area (Å²) in [6.45, 7) is 2.74. The van der Waals surface area contributed by atoms with Gasteiger partial charge in [0.1, 0.15) is 11.6 Å². The first-order valence-electron chi connectivity index (χ1n) is 7.68. The third-order valence-corrected chi connectivity index (χ3v) is 4.08. The molecule has 0 radical (unpaired) electrons. The first kappa shape index (κ1) is 16.8. The highest BCUT2D eigenvalue weighted by molar-refractivity contribution is 5.92. The zero-order chi connectivity index (χ0) is 16.1. The molecule has 0 spiro atoms. The molecule has 122 valence electrons.